The van der Waals surface area contributed by atoms with Crippen molar-refractivity contribution in [3.63, 3.8) is 0 Å². The van der Waals surface area contributed by atoms with Gasteiger partial charge in [-0.2, -0.15) is 0 Å². The van der Waals surface area contributed by atoms with Gasteiger partial charge in [0, 0.05) is 27.5 Å². The average Bonchev–Trinajstić information content (AvgIpc) is 3.09. The number of nitrogens with one attached hydrogen (secondary N) is 2. The number of para-hydroxylation sites is 2. The SMILES string of the molecule is CC(Sc1cccc(NC(=O)/C(=C\c2ccc(C(C)C)cc2)NC(=O)c2ccccc2)c1)C(=O)N(c1ccccc1)c1ccccc1. The van der Waals surface area contributed by atoms with E-state index in [1.54, 1.807) is 41.3 Å². The number of nitrogens with zero attached hydrogens (tertiary/aromatic N) is 1. The third-order valence-electron chi connectivity index (χ3n) is 7.44. The van der Waals surface area contributed by atoms with E-state index in [9.17, 15) is 14.4 Å². The van der Waals surface area contributed by atoms with Gasteiger partial charge in [0.1, 0.15) is 5.70 Å². The van der Waals surface area contributed by atoms with Gasteiger partial charge in [-0.05, 0) is 84.6 Å². The molecule has 1 unspecified atom stereocenters. The van der Waals surface area contributed by atoms with Crippen molar-refractivity contribution in [1.82, 2.24) is 5.32 Å². The molecule has 47 heavy (non-hydrogen) atoms. The lowest BCUT2D eigenvalue weighted by Gasteiger charge is -2.26. The van der Waals surface area contributed by atoms with Gasteiger partial charge in [-0.1, -0.05) is 98.8 Å². The van der Waals surface area contributed by atoms with Crippen LogP contribution in [0.5, 0.6) is 0 Å². The van der Waals surface area contributed by atoms with E-state index in [1.807, 2.05) is 116 Å². The lowest BCUT2D eigenvalue weighted by atomic mass is 10.0. The zero-order valence-corrected chi connectivity index (χ0v) is 27.4. The molecule has 0 saturated heterocycles. The van der Waals surface area contributed by atoms with Gasteiger partial charge < -0.3 is 10.6 Å². The van der Waals surface area contributed by atoms with Crippen LogP contribution >= 0.6 is 11.8 Å². The van der Waals surface area contributed by atoms with E-state index in [0.717, 1.165) is 21.8 Å². The fourth-order valence-electron chi connectivity index (χ4n) is 4.93. The third kappa shape index (κ3) is 8.87. The molecule has 0 fully saturated rings. The number of amides is 3. The summed E-state index contributed by atoms with van der Waals surface area (Å²) in [7, 11) is 0. The molecule has 5 rings (SSSR count). The van der Waals surface area contributed by atoms with Gasteiger partial charge in [-0.25, -0.2) is 0 Å². The molecule has 0 aliphatic heterocycles. The maximum absolute atomic E-state index is 13.8. The topological polar surface area (TPSA) is 78.5 Å². The summed E-state index contributed by atoms with van der Waals surface area (Å²) in [6.07, 6.45) is 1.67. The Hall–Kier alpha value is -5.40. The maximum Gasteiger partial charge on any atom is 0.272 e. The van der Waals surface area contributed by atoms with Crippen LogP contribution in [0.4, 0.5) is 17.1 Å². The Morgan fingerprint density at radius 3 is 1.83 bits per heavy atom. The summed E-state index contributed by atoms with van der Waals surface area (Å²) >= 11 is 1.41. The van der Waals surface area contributed by atoms with Gasteiger partial charge >= 0.3 is 0 Å². The number of rotatable bonds is 11. The maximum atomic E-state index is 13.8. The molecule has 2 N–H and O–H groups in total. The summed E-state index contributed by atoms with van der Waals surface area (Å²) in [6, 6.07) is 43.2. The van der Waals surface area contributed by atoms with Crippen LogP contribution in [0, 0.1) is 0 Å². The zero-order valence-electron chi connectivity index (χ0n) is 26.6. The lowest BCUT2D eigenvalue weighted by molar-refractivity contribution is -0.117. The molecular weight excluding hydrogens is 603 g/mol. The summed E-state index contributed by atoms with van der Waals surface area (Å²) < 4.78 is 0. The number of thioether (sulfide) groups is 1. The summed E-state index contributed by atoms with van der Waals surface area (Å²) in [4.78, 5) is 43.1. The van der Waals surface area contributed by atoms with E-state index in [4.69, 9.17) is 0 Å². The number of carbonyl (C=O) groups is 3. The Morgan fingerprint density at radius 1 is 0.681 bits per heavy atom. The molecule has 0 spiro atoms. The van der Waals surface area contributed by atoms with E-state index >= 15 is 0 Å². The molecule has 0 bridgehead atoms. The van der Waals surface area contributed by atoms with Crippen molar-refractivity contribution in [3.05, 3.63) is 162 Å². The molecule has 3 amide bonds. The molecule has 5 aromatic rings. The second-order valence-electron chi connectivity index (χ2n) is 11.3. The number of anilines is 3. The van der Waals surface area contributed by atoms with E-state index in [1.165, 1.54) is 17.3 Å². The number of benzene rings is 5. The van der Waals surface area contributed by atoms with Crippen LogP contribution in [0.15, 0.2) is 150 Å². The van der Waals surface area contributed by atoms with E-state index in [2.05, 4.69) is 24.5 Å². The highest BCUT2D eigenvalue weighted by Gasteiger charge is 2.24. The smallest absolute Gasteiger partial charge is 0.272 e. The van der Waals surface area contributed by atoms with Gasteiger partial charge in [-0.3, -0.25) is 19.3 Å². The van der Waals surface area contributed by atoms with Gasteiger partial charge in [0.25, 0.3) is 11.8 Å². The van der Waals surface area contributed by atoms with Crippen molar-refractivity contribution in [1.29, 1.82) is 0 Å². The molecule has 0 saturated carbocycles. The first-order valence-electron chi connectivity index (χ1n) is 15.5. The molecule has 0 aliphatic carbocycles. The Balaban J connectivity index is 1.35. The molecule has 0 radical (unpaired) electrons. The van der Waals surface area contributed by atoms with Crippen LogP contribution in [0.1, 0.15) is 48.2 Å². The van der Waals surface area contributed by atoms with Crippen molar-refractivity contribution < 1.29 is 14.4 Å². The number of carbonyl (C=O) groups excluding carboxylic acids is 3. The minimum absolute atomic E-state index is 0.0702. The van der Waals surface area contributed by atoms with Crippen LogP contribution in [-0.2, 0) is 9.59 Å². The van der Waals surface area contributed by atoms with Crippen LogP contribution in [-0.4, -0.2) is 23.0 Å². The zero-order chi connectivity index (χ0) is 33.2. The van der Waals surface area contributed by atoms with Crippen LogP contribution < -0.4 is 15.5 Å². The number of hydrogen-bond acceptors (Lipinski definition) is 4. The van der Waals surface area contributed by atoms with Crippen molar-refractivity contribution in [2.24, 2.45) is 0 Å². The first-order chi connectivity index (χ1) is 22.8. The van der Waals surface area contributed by atoms with Crippen molar-refractivity contribution in [3.8, 4) is 0 Å². The first kappa shape index (κ1) is 33.0. The molecule has 1 atom stereocenters. The van der Waals surface area contributed by atoms with E-state index in [0.29, 0.717) is 17.2 Å². The quantitative estimate of drug-likeness (QED) is 0.112. The van der Waals surface area contributed by atoms with Crippen molar-refractivity contribution in [2.45, 2.75) is 36.8 Å². The molecular formula is C40H37N3O3S. The molecule has 0 aromatic heterocycles. The normalized spacial score (nSPS) is 11.9. The number of hydrogen-bond donors (Lipinski definition) is 2. The minimum atomic E-state index is -0.465. The van der Waals surface area contributed by atoms with Gasteiger partial charge in [-0.15, -0.1) is 11.8 Å². The molecule has 6 nitrogen and oxygen atoms in total. The predicted octanol–water partition coefficient (Wildman–Crippen LogP) is 9.07. The Bertz CT molecular complexity index is 1800. The van der Waals surface area contributed by atoms with Crippen molar-refractivity contribution >= 4 is 52.6 Å². The third-order valence-corrected chi connectivity index (χ3v) is 8.53. The van der Waals surface area contributed by atoms with Crippen LogP contribution in [0.3, 0.4) is 0 Å². The lowest BCUT2D eigenvalue weighted by Crippen LogP contribution is -2.32. The summed E-state index contributed by atoms with van der Waals surface area (Å²) in [6.45, 7) is 6.12. The van der Waals surface area contributed by atoms with E-state index in [-0.39, 0.29) is 17.5 Å². The van der Waals surface area contributed by atoms with Crippen LogP contribution in [0.25, 0.3) is 6.08 Å². The Labute approximate surface area is 280 Å². The summed E-state index contributed by atoms with van der Waals surface area (Å²) in [5.74, 6) is -0.549. The van der Waals surface area contributed by atoms with Gasteiger partial charge in [0.05, 0.1) is 5.25 Å². The van der Waals surface area contributed by atoms with Crippen molar-refractivity contribution in [2.75, 3.05) is 10.2 Å². The predicted molar refractivity (Wildman–Crippen MR) is 193 cm³/mol. The molecule has 5 aromatic carbocycles. The molecule has 0 heterocycles. The molecule has 0 aliphatic rings. The standard InChI is InChI=1S/C40H37N3O3S/c1-28(2)31-24-22-30(23-25-31)26-37(42-38(44)32-14-7-4-8-15-32)39(45)41-33-16-13-21-36(27-33)47-29(3)40(46)43(34-17-9-5-10-18-34)35-19-11-6-12-20-35/h4-29H,1-3H3,(H,41,45)(H,42,44)/b37-26+. The summed E-state index contributed by atoms with van der Waals surface area (Å²) in [5, 5.41) is 5.30. The highest BCUT2D eigenvalue weighted by Crippen LogP contribution is 2.32. The van der Waals surface area contributed by atoms with Crippen LogP contribution in [0.2, 0.25) is 0 Å². The van der Waals surface area contributed by atoms with Gasteiger partial charge in [0.2, 0.25) is 5.91 Å². The highest BCUT2D eigenvalue weighted by atomic mass is 32.2. The second kappa shape index (κ2) is 15.7. The Morgan fingerprint density at radius 2 is 1.26 bits per heavy atom. The average molecular weight is 640 g/mol. The first-order valence-corrected chi connectivity index (χ1v) is 16.4. The van der Waals surface area contributed by atoms with E-state index < -0.39 is 11.2 Å². The fraction of sp³-hybridized carbons (Fsp3) is 0.125. The highest BCUT2D eigenvalue weighted by molar-refractivity contribution is 8.00. The summed E-state index contributed by atoms with van der Waals surface area (Å²) in [5.41, 5.74) is 4.63. The van der Waals surface area contributed by atoms with Gasteiger partial charge in [0.15, 0.2) is 0 Å². The largest absolute Gasteiger partial charge is 0.321 e. The minimum Gasteiger partial charge on any atom is -0.321 e. The monoisotopic (exact) mass is 639 g/mol. The molecule has 7 heteroatoms. The second-order valence-corrected chi connectivity index (χ2v) is 12.7. The fourth-order valence-corrected chi connectivity index (χ4v) is 5.89. The molecule has 236 valence electrons. The Kier molecular flexibility index (Phi) is 11.0.